The highest BCUT2D eigenvalue weighted by Gasteiger charge is 2.23. The molecule has 0 aliphatic carbocycles. The van der Waals surface area contributed by atoms with E-state index < -0.39 is 10.0 Å². The lowest BCUT2D eigenvalue weighted by molar-refractivity contribution is 0.0746. The quantitative estimate of drug-likeness (QED) is 0.750. The van der Waals surface area contributed by atoms with E-state index in [1.54, 1.807) is 4.90 Å². The third-order valence-corrected chi connectivity index (χ3v) is 6.11. The standard InChI is InChI=1S/C20H22N4O3S/c21-11-4-12-22-28(26,27)19-9-7-17(8-10-19)20(25)24-15-13-23(14-16-24)18-5-2-1-3-6-18/h1-3,5-10,22H,4,12-16H2. The average molecular weight is 398 g/mol. The Hall–Kier alpha value is -2.89. The number of para-hydroxylation sites is 1. The van der Waals surface area contributed by atoms with Crippen molar-refractivity contribution in [1.29, 1.82) is 5.26 Å². The second-order valence-corrected chi connectivity index (χ2v) is 8.21. The zero-order valence-electron chi connectivity index (χ0n) is 15.4. The molecular weight excluding hydrogens is 376 g/mol. The summed E-state index contributed by atoms with van der Waals surface area (Å²) in [6, 6.07) is 17.9. The van der Waals surface area contributed by atoms with Crippen LogP contribution in [-0.4, -0.2) is 51.9 Å². The van der Waals surface area contributed by atoms with E-state index >= 15 is 0 Å². The average Bonchev–Trinajstić information content (AvgIpc) is 2.74. The van der Waals surface area contributed by atoms with Crippen molar-refractivity contribution in [2.24, 2.45) is 0 Å². The van der Waals surface area contributed by atoms with Gasteiger partial charge in [-0.2, -0.15) is 5.26 Å². The van der Waals surface area contributed by atoms with Crippen molar-refractivity contribution in [3.05, 3.63) is 60.2 Å². The molecule has 1 saturated heterocycles. The molecule has 2 aromatic rings. The largest absolute Gasteiger partial charge is 0.368 e. The maximum atomic E-state index is 12.7. The Labute approximate surface area is 165 Å². The summed E-state index contributed by atoms with van der Waals surface area (Å²) in [7, 11) is -3.67. The predicted molar refractivity (Wildman–Crippen MR) is 106 cm³/mol. The van der Waals surface area contributed by atoms with Gasteiger partial charge in [-0.3, -0.25) is 4.79 Å². The van der Waals surface area contributed by atoms with Crippen LogP contribution in [-0.2, 0) is 10.0 Å². The summed E-state index contributed by atoms with van der Waals surface area (Å²) in [6.45, 7) is 2.80. The molecule has 1 amide bonds. The van der Waals surface area contributed by atoms with Crippen LogP contribution in [0.5, 0.6) is 0 Å². The van der Waals surface area contributed by atoms with Crippen molar-refractivity contribution in [2.45, 2.75) is 11.3 Å². The van der Waals surface area contributed by atoms with Gasteiger partial charge in [-0.05, 0) is 36.4 Å². The number of carbonyl (C=O) groups excluding carboxylic acids is 1. The number of nitrogens with zero attached hydrogens (tertiary/aromatic N) is 3. The van der Waals surface area contributed by atoms with Crippen molar-refractivity contribution >= 4 is 21.6 Å². The summed E-state index contributed by atoms with van der Waals surface area (Å²) in [5.74, 6) is -0.103. The number of hydrogen-bond acceptors (Lipinski definition) is 5. The van der Waals surface area contributed by atoms with Crippen molar-refractivity contribution in [1.82, 2.24) is 9.62 Å². The van der Waals surface area contributed by atoms with E-state index in [0.29, 0.717) is 18.7 Å². The van der Waals surface area contributed by atoms with Crippen LogP contribution in [0.25, 0.3) is 0 Å². The van der Waals surface area contributed by atoms with E-state index in [4.69, 9.17) is 5.26 Å². The number of sulfonamides is 1. The first-order chi connectivity index (χ1) is 13.5. The van der Waals surface area contributed by atoms with E-state index in [9.17, 15) is 13.2 Å². The number of nitriles is 1. The molecule has 1 fully saturated rings. The summed E-state index contributed by atoms with van der Waals surface area (Å²) < 4.78 is 26.6. The fraction of sp³-hybridized carbons (Fsp3) is 0.300. The zero-order chi connectivity index (χ0) is 20.0. The van der Waals surface area contributed by atoms with Crippen LogP contribution in [0.3, 0.4) is 0 Å². The van der Waals surface area contributed by atoms with Crippen LogP contribution in [0.4, 0.5) is 5.69 Å². The van der Waals surface area contributed by atoms with E-state index in [-0.39, 0.29) is 23.8 Å². The maximum absolute atomic E-state index is 12.7. The number of piperazine rings is 1. The van der Waals surface area contributed by atoms with E-state index in [0.717, 1.165) is 18.8 Å². The third-order valence-electron chi connectivity index (χ3n) is 4.63. The fourth-order valence-corrected chi connectivity index (χ4v) is 4.12. The Bertz CT molecular complexity index is 945. The lowest BCUT2D eigenvalue weighted by Gasteiger charge is -2.36. The van der Waals surface area contributed by atoms with Crippen LogP contribution in [0.2, 0.25) is 0 Å². The molecule has 8 heteroatoms. The second-order valence-electron chi connectivity index (χ2n) is 6.45. The summed E-state index contributed by atoms with van der Waals surface area (Å²) in [5.41, 5.74) is 1.61. The van der Waals surface area contributed by atoms with Crippen molar-refractivity contribution in [3.63, 3.8) is 0 Å². The molecule has 1 aliphatic heterocycles. The fourth-order valence-electron chi connectivity index (χ4n) is 3.09. The minimum Gasteiger partial charge on any atom is -0.368 e. The molecule has 0 saturated carbocycles. The van der Waals surface area contributed by atoms with Crippen LogP contribution in [0.1, 0.15) is 16.8 Å². The first-order valence-electron chi connectivity index (χ1n) is 9.07. The van der Waals surface area contributed by atoms with Gasteiger partial charge in [0.05, 0.1) is 11.0 Å². The first-order valence-corrected chi connectivity index (χ1v) is 10.6. The molecule has 0 unspecified atom stereocenters. The Morgan fingerprint density at radius 3 is 2.25 bits per heavy atom. The monoisotopic (exact) mass is 398 g/mol. The number of amides is 1. The minimum absolute atomic E-state index is 0.0607. The molecule has 0 radical (unpaired) electrons. The maximum Gasteiger partial charge on any atom is 0.253 e. The Morgan fingerprint density at radius 2 is 1.64 bits per heavy atom. The summed E-state index contributed by atoms with van der Waals surface area (Å²) in [6.07, 6.45) is 0.102. The van der Waals surface area contributed by atoms with Crippen LogP contribution in [0.15, 0.2) is 59.5 Å². The Morgan fingerprint density at radius 1 is 1.00 bits per heavy atom. The van der Waals surface area contributed by atoms with E-state index in [1.165, 1.54) is 24.3 Å². The Balaban J connectivity index is 1.60. The molecular formula is C20H22N4O3S. The topological polar surface area (TPSA) is 93.5 Å². The number of benzene rings is 2. The van der Waals surface area contributed by atoms with Crippen molar-refractivity contribution in [2.75, 3.05) is 37.6 Å². The van der Waals surface area contributed by atoms with Gasteiger partial charge in [-0.15, -0.1) is 0 Å². The molecule has 28 heavy (non-hydrogen) atoms. The third kappa shape index (κ3) is 4.68. The molecule has 1 N–H and O–H groups in total. The van der Waals surface area contributed by atoms with Crippen LogP contribution >= 0.6 is 0 Å². The molecule has 1 heterocycles. The lowest BCUT2D eigenvalue weighted by Crippen LogP contribution is -2.48. The van der Waals surface area contributed by atoms with Gasteiger partial charge in [0, 0.05) is 50.4 Å². The summed E-state index contributed by atoms with van der Waals surface area (Å²) in [5, 5.41) is 8.51. The van der Waals surface area contributed by atoms with Crippen LogP contribution < -0.4 is 9.62 Å². The first kappa shape index (κ1) is 19.9. The zero-order valence-corrected chi connectivity index (χ0v) is 16.2. The lowest BCUT2D eigenvalue weighted by atomic mass is 10.1. The Kier molecular flexibility index (Phi) is 6.29. The van der Waals surface area contributed by atoms with Gasteiger partial charge in [0.1, 0.15) is 0 Å². The molecule has 2 aromatic carbocycles. The highest BCUT2D eigenvalue weighted by Crippen LogP contribution is 2.17. The molecule has 1 aliphatic rings. The highest BCUT2D eigenvalue weighted by atomic mass is 32.2. The molecule has 0 spiro atoms. The highest BCUT2D eigenvalue weighted by molar-refractivity contribution is 7.89. The molecule has 3 rings (SSSR count). The number of nitrogens with one attached hydrogen (secondary N) is 1. The number of rotatable bonds is 6. The molecule has 7 nitrogen and oxygen atoms in total. The summed E-state index contributed by atoms with van der Waals surface area (Å²) >= 11 is 0. The number of anilines is 1. The molecule has 0 aromatic heterocycles. The molecule has 0 bridgehead atoms. The van der Waals surface area contributed by atoms with E-state index in [2.05, 4.69) is 21.8 Å². The van der Waals surface area contributed by atoms with Crippen molar-refractivity contribution < 1.29 is 13.2 Å². The molecule has 0 atom stereocenters. The van der Waals surface area contributed by atoms with E-state index in [1.807, 2.05) is 24.3 Å². The van der Waals surface area contributed by atoms with Gasteiger partial charge in [0.15, 0.2) is 0 Å². The van der Waals surface area contributed by atoms with Gasteiger partial charge < -0.3 is 9.80 Å². The predicted octanol–water partition coefficient (Wildman–Crippen LogP) is 1.84. The smallest absolute Gasteiger partial charge is 0.253 e. The van der Waals surface area contributed by atoms with Crippen molar-refractivity contribution in [3.8, 4) is 6.07 Å². The summed E-state index contributed by atoms with van der Waals surface area (Å²) in [4.78, 5) is 16.8. The minimum atomic E-state index is -3.67. The SMILES string of the molecule is N#CCCNS(=O)(=O)c1ccc(C(=O)N2CCN(c3ccccc3)CC2)cc1. The van der Waals surface area contributed by atoms with Gasteiger partial charge in [0.2, 0.25) is 10.0 Å². The molecule has 146 valence electrons. The normalized spacial score (nSPS) is 14.5. The van der Waals surface area contributed by atoms with Gasteiger partial charge in [-0.1, -0.05) is 18.2 Å². The second kappa shape index (κ2) is 8.87. The van der Waals surface area contributed by atoms with Gasteiger partial charge in [0.25, 0.3) is 5.91 Å². The van der Waals surface area contributed by atoms with Gasteiger partial charge >= 0.3 is 0 Å². The van der Waals surface area contributed by atoms with Gasteiger partial charge in [-0.25, -0.2) is 13.1 Å². The van der Waals surface area contributed by atoms with Crippen LogP contribution in [0, 0.1) is 11.3 Å². The number of carbonyl (C=O) groups is 1. The number of hydrogen-bond donors (Lipinski definition) is 1.